The van der Waals surface area contributed by atoms with Gasteiger partial charge in [-0.05, 0) is 34.7 Å². The fourth-order valence-electron chi connectivity index (χ4n) is 3.85. The van der Waals surface area contributed by atoms with Crippen LogP contribution in [-0.2, 0) is 11.2 Å². The lowest BCUT2D eigenvalue weighted by Crippen LogP contribution is -2.38. The van der Waals surface area contributed by atoms with Gasteiger partial charge in [-0.2, -0.15) is 0 Å². The number of ketones is 1. The molecular weight excluding hydrogens is 246 g/mol. The Hall–Kier alpha value is -1.67. The van der Waals surface area contributed by atoms with Gasteiger partial charge in [-0.1, -0.05) is 36.4 Å². The molecule has 102 valence electrons. The lowest BCUT2D eigenvalue weighted by atomic mass is 9.84. The fraction of sp³-hybridized carbons (Fsp3) is 0.389. The van der Waals surface area contributed by atoms with Gasteiger partial charge in [0.05, 0.1) is 0 Å². The number of hydrogen-bond acceptors (Lipinski definition) is 2. The molecule has 1 aliphatic heterocycles. The average molecular weight is 265 g/mol. The van der Waals surface area contributed by atoms with Crippen molar-refractivity contribution < 1.29 is 4.79 Å². The van der Waals surface area contributed by atoms with E-state index in [2.05, 4.69) is 41.3 Å². The molecule has 1 fully saturated rings. The Morgan fingerprint density at radius 2 is 1.70 bits per heavy atom. The van der Waals surface area contributed by atoms with E-state index in [1.807, 2.05) is 0 Å². The third-order valence-corrected chi connectivity index (χ3v) is 4.87. The van der Waals surface area contributed by atoms with Crippen LogP contribution in [0.25, 0.3) is 10.8 Å². The minimum atomic E-state index is 0.427. The molecule has 1 atom stereocenters. The van der Waals surface area contributed by atoms with Crippen molar-refractivity contribution in [3.05, 3.63) is 47.5 Å². The van der Waals surface area contributed by atoms with Gasteiger partial charge >= 0.3 is 0 Å². The lowest BCUT2D eigenvalue weighted by molar-refractivity contribution is -0.122. The highest BCUT2D eigenvalue weighted by Crippen LogP contribution is 2.39. The molecule has 2 nitrogen and oxygen atoms in total. The van der Waals surface area contributed by atoms with E-state index in [1.165, 1.54) is 28.3 Å². The molecule has 4 rings (SSSR count). The van der Waals surface area contributed by atoms with Gasteiger partial charge in [-0.15, -0.1) is 0 Å². The summed E-state index contributed by atoms with van der Waals surface area (Å²) in [6.07, 6.45) is 3.80. The number of carbonyl (C=O) groups excluding carboxylic acids is 1. The van der Waals surface area contributed by atoms with E-state index < -0.39 is 0 Å². The summed E-state index contributed by atoms with van der Waals surface area (Å²) in [6, 6.07) is 13.8. The van der Waals surface area contributed by atoms with Crippen molar-refractivity contribution in [2.45, 2.75) is 31.7 Å². The Balaban J connectivity index is 1.77. The Morgan fingerprint density at radius 1 is 0.950 bits per heavy atom. The van der Waals surface area contributed by atoms with Crippen molar-refractivity contribution in [1.82, 2.24) is 4.90 Å². The van der Waals surface area contributed by atoms with Crippen LogP contribution in [-0.4, -0.2) is 23.8 Å². The number of piperidine rings is 1. The van der Waals surface area contributed by atoms with Crippen LogP contribution in [0.15, 0.2) is 36.4 Å². The second kappa shape index (κ2) is 4.71. The molecule has 2 aliphatic rings. The molecule has 0 amide bonds. The normalized spacial score (nSPS) is 23.2. The van der Waals surface area contributed by atoms with Gasteiger partial charge in [0.25, 0.3) is 0 Å². The molecule has 0 radical (unpaired) electrons. The number of nitrogens with zero attached hydrogens (tertiary/aromatic N) is 1. The Bertz CT molecular complexity index is 661. The summed E-state index contributed by atoms with van der Waals surface area (Å²) in [6.45, 7) is 1.87. The molecule has 0 spiro atoms. The van der Waals surface area contributed by atoms with E-state index in [0.717, 1.165) is 32.4 Å². The highest BCUT2D eigenvalue weighted by molar-refractivity contribution is 5.90. The molecule has 1 heterocycles. The summed E-state index contributed by atoms with van der Waals surface area (Å²) < 4.78 is 0. The smallest absolute Gasteiger partial charge is 0.135 e. The maximum Gasteiger partial charge on any atom is 0.135 e. The maximum atomic E-state index is 11.5. The molecule has 1 unspecified atom stereocenters. The minimum Gasteiger partial charge on any atom is -0.300 e. The Labute approximate surface area is 119 Å². The summed E-state index contributed by atoms with van der Waals surface area (Å²) in [5, 5.41) is 2.82. The van der Waals surface area contributed by atoms with E-state index >= 15 is 0 Å². The summed E-state index contributed by atoms with van der Waals surface area (Å²) in [5.41, 5.74) is 2.96. The molecule has 2 aromatic rings. The van der Waals surface area contributed by atoms with Crippen LogP contribution < -0.4 is 0 Å². The third-order valence-electron chi connectivity index (χ3n) is 4.87. The number of aryl methyl sites for hydroxylation is 1. The van der Waals surface area contributed by atoms with E-state index in [0.29, 0.717) is 11.8 Å². The van der Waals surface area contributed by atoms with E-state index in [9.17, 15) is 4.79 Å². The van der Waals surface area contributed by atoms with Crippen LogP contribution in [0.1, 0.15) is 36.4 Å². The molecule has 2 aromatic carbocycles. The topological polar surface area (TPSA) is 20.3 Å². The van der Waals surface area contributed by atoms with Crippen LogP contribution in [0, 0.1) is 0 Å². The van der Waals surface area contributed by atoms with Gasteiger partial charge in [0.2, 0.25) is 0 Å². The highest BCUT2D eigenvalue weighted by Gasteiger charge is 2.28. The minimum absolute atomic E-state index is 0.427. The van der Waals surface area contributed by atoms with Crippen molar-refractivity contribution in [1.29, 1.82) is 0 Å². The second-order valence-corrected chi connectivity index (χ2v) is 5.99. The van der Waals surface area contributed by atoms with Gasteiger partial charge < -0.3 is 0 Å². The van der Waals surface area contributed by atoms with Gasteiger partial charge in [-0.25, -0.2) is 0 Å². The zero-order valence-corrected chi connectivity index (χ0v) is 11.6. The molecule has 0 bridgehead atoms. The van der Waals surface area contributed by atoms with E-state index in [4.69, 9.17) is 0 Å². The quantitative estimate of drug-likeness (QED) is 0.786. The number of hydrogen-bond donors (Lipinski definition) is 0. The molecule has 2 heteroatoms. The van der Waals surface area contributed by atoms with Gasteiger partial charge in [0.1, 0.15) is 5.78 Å². The van der Waals surface area contributed by atoms with Crippen molar-refractivity contribution in [2.24, 2.45) is 0 Å². The summed E-state index contributed by atoms with van der Waals surface area (Å²) >= 11 is 0. The van der Waals surface area contributed by atoms with Crippen molar-refractivity contribution >= 4 is 16.6 Å². The predicted molar refractivity (Wildman–Crippen MR) is 80.8 cm³/mol. The first-order valence-corrected chi connectivity index (χ1v) is 7.59. The van der Waals surface area contributed by atoms with Gasteiger partial charge in [-0.3, -0.25) is 9.69 Å². The molecular formula is C18H19NO. The standard InChI is InChI=1S/C18H19NO/c20-15-9-11-19(12-10-15)17-8-7-14-4-1-3-13-5-2-6-16(17)18(13)14/h1-6,17H,7-12H2. The van der Waals surface area contributed by atoms with Gasteiger partial charge in [0.15, 0.2) is 0 Å². The fourth-order valence-corrected chi connectivity index (χ4v) is 3.85. The lowest BCUT2D eigenvalue weighted by Gasteiger charge is -2.37. The predicted octanol–water partition coefficient (Wildman–Crippen LogP) is 3.49. The summed E-state index contributed by atoms with van der Waals surface area (Å²) in [7, 11) is 0. The van der Waals surface area contributed by atoms with Crippen molar-refractivity contribution in [3.8, 4) is 0 Å². The molecule has 0 N–H and O–H groups in total. The summed E-state index contributed by atoms with van der Waals surface area (Å²) in [4.78, 5) is 14.0. The first kappa shape index (κ1) is 12.1. The molecule has 1 aliphatic carbocycles. The van der Waals surface area contributed by atoms with Crippen LogP contribution >= 0.6 is 0 Å². The van der Waals surface area contributed by atoms with Crippen LogP contribution in [0.4, 0.5) is 0 Å². The maximum absolute atomic E-state index is 11.5. The number of benzene rings is 2. The SMILES string of the molecule is O=C1CCN(C2CCc3cccc4cccc2c34)CC1. The second-order valence-electron chi connectivity index (χ2n) is 5.99. The van der Waals surface area contributed by atoms with E-state index in [1.54, 1.807) is 0 Å². The summed E-state index contributed by atoms with van der Waals surface area (Å²) in [5.74, 6) is 0.427. The Morgan fingerprint density at radius 3 is 2.50 bits per heavy atom. The van der Waals surface area contributed by atoms with Crippen molar-refractivity contribution in [2.75, 3.05) is 13.1 Å². The zero-order valence-electron chi connectivity index (χ0n) is 11.6. The Kier molecular flexibility index (Phi) is 2.85. The first-order valence-electron chi connectivity index (χ1n) is 7.59. The number of rotatable bonds is 1. The molecule has 0 aromatic heterocycles. The molecule has 0 saturated carbocycles. The van der Waals surface area contributed by atoms with E-state index in [-0.39, 0.29) is 0 Å². The monoisotopic (exact) mass is 265 g/mol. The van der Waals surface area contributed by atoms with Crippen molar-refractivity contribution in [3.63, 3.8) is 0 Å². The van der Waals surface area contributed by atoms with Gasteiger partial charge in [0, 0.05) is 32.0 Å². The molecule has 20 heavy (non-hydrogen) atoms. The number of likely N-dealkylation sites (tertiary alicyclic amines) is 1. The third kappa shape index (κ3) is 1.87. The highest BCUT2D eigenvalue weighted by atomic mass is 16.1. The van der Waals surface area contributed by atoms with Crippen LogP contribution in [0.2, 0.25) is 0 Å². The largest absolute Gasteiger partial charge is 0.300 e. The number of carbonyl (C=O) groups is 1. The van der Waals surface area contributed by atoms with Crippen LogP contribution in [0.3, 0.4) is 0 Å². The first-order chi connectivity index (χ1) is 9.83. The zero-order chi connectivity index (χ0) is 13.5. The van der Waals surface area contributed by atoms with Crippen LogP contribution in [0.5, 0.6) is 0 Å². The number of Topliss-reactive ketones (excluding diaryl/α,β-unsaturated/α-hetero) is 1. The molecule has 1 saturated heterocycles. The average Bonchev–Trinajstić information content (AvgIpc) is 2.49.